The van der Waals surface area contributed by atoms with Gasteiger partial charge in [0, 0.05) is 11.8 Å². The predicted octanol–water partition coefficient (Wildman–Crippen LogP) is 5.60. The van der Waals surface area contributed by atoms with Crippen LogP contribution in [0.1, 0.15) is 22.9 Å². The van der Waals surface area contributed by atoms with Gasteiger partial charge in [-0.15, -0.1) is 0 Å². The van der Waals surface area contributed by atoms with E-state index in [4.69, 9.17) is 25.5 Å². The second kappa shape index (κ2) is 9.03. The lowest BCUT2D eigenvalue weighted by molar-refractivity contribution is -0.137. The largest absolute Gasteiger partial charge is 0.507 e. The zero-order valence-electron chi connectivity index (χ0n) is 18.2. The summed E-state index contributed by atoms with van der Waals surface area (Å²) in [6, 6.07) is 8.13. The summed E-state index contributed by atoms with van der Waals surface area (Å²) in [5.74, 6) is -2.38. The Labute approximate surface area is 201 Å². The highest BCUT2D eigenvalue weighted by Gasteiger charge is 2.48. The molecule has 1 aliphatic heterocycles. The molecule has 2 heterocycles. The lowest BCUT2D eigenvalue weighted by Crippen LogP contribution is -2.29. The van der Waals surface area contributed by atoms with Gasteiger partial charge in [-0.25, -0.2) is 0 Å². The number of amides is 1. The van der Waals surface area contributed by atoms with Crippen molar-refractivity contribution in [1.82, 2.24) is 0 Å². The van der Waals surface area contributed by atoms with Crippen molar-refractivity contribution in [3.05, 3.63) is 82.3 Å². The number of alkyl halides is 3. The number of rotatable bonds is 5. The molecule has 0 aliphatic carbocycles. The first kappa shape index (κ1) is 24.2. The van der Waals surface area contributed by atoms with Crippen LogP contribution in [0.3, 0.4) is 0 Å². The molecule has 3 aromatic rings. The van der Waals surface area contributed by atoms with E-state index in [2.05, 4.69) is 0 Å². The number of aliphatic hydroxyl groups excluding tert-OH is 1. The van der Waals surface area contributed by atoms with Gasteiger partial charge >= 0.3 is 6.18 Å². The Morgan fingerprint density at radius 2 is 1.71 bits per heavy atom. The number of ketones is 1. The second-order valence-electron chi connectivity index (χ2n) is 7.42. The van der Waals surface area contributed by atoms with Crippen molar-refractivity contribution in [2.45, 2.75) is 12.2 Å². The van der Waals surface area contributed by atoms with Crippen molar-refractivity contribution in [3.8, 4) is 11.5 Å². The van der Waals surface area contributed by atoms with Gasteiger partial charge in [-0.1, -0.05) is 11.6 Å². The fraction of sp³-hybridized carbons (Fsp3) is 0.167. The minimum atomic E-state index is -4.59. The number of nitrogens with zero attached hydrogens (tertiary/aromatic N) is 1. The number of hydrogen-bond acceptors (Lipinski definition) is 6. The average Bonchev–Trinajstić information content (AvgIpc) is 3.45. The Morgan fingerprint density at radius 3 is 2.26 bits per heavy atom. The van der Waals surface area contributed by atoms with E-state index in [1.54, 1.807) is 0 Å². The number of aliphatic hydroxyl groups is 1. The highest BCUT2D eigenvalue weighted by Crippen LogP contribution is 2.45. The number of anilines is 1. The molecule has 4 rings (SSSR count). The topological polar surface area (TPSA) is 89.2 Å². The Morgan fingerprint density at radius 1 is 1.06 bits per heavy atom. The molecule has 0 bridgehead atoms. The van der Waals surface area contributed by atoms with Gasteiger partial charge in [-0.3, -0.25) is 14.5 Å². The molecule has 1 aliphatic rings. The van der Waals surface area contributed by atoms with Gasteiger partial charge in [0.05, 0.1) is 42.2 Å². The summed E-state index contributed by atoms with van der Waals surface area (Å²) in [6.45, 7) is 0. The van der Waals surface area contributed by atoms with Gasteiger partial charge in [-0.2, -0.15) is 13.2 Å². The van der Waals surface area contributed by atoms with Gasteiger partial charge in [0.15, 0.2) is 0 Å². The third-order valence-electron chi connectivity index (χ3n) is 5.46. The molecule has 11 heteroatoms. The van der Waals surface area contributed by atoms with E-state index < -0.39 is 35.2 Å². The number of hydrogen-bond donors (Lipinski definition) is 1. The number of carbonyl (C=O) groups excluding carboxylic acids is 2. The number of carbonyl (C=O) groups is 2. The molecule has 7 nitrogen and oxygen atoms in total. The number of methoxy groups -OCH3 is 2. The van der Waals surface area contributed by atoms with Gasteiger partial charge in [-0.05, 0) is 42.5 Å². The van der Waals surface area contributed by atoms with Crippen LogP contribution in [0.4, 0.5) is 18.9 Å². The monoisotopic (exact) mass is 507 g/mol. The molecule has 1 N–H and O–H groups in total. The summed E-state index contributed by atoms with van der Waals surface area (Å²) in [4.78, 5) is 27.2. The van der Waals surface area contributed by atoms with Crippen molar-refractivity contribution < 1.29 is 41.8 Å². The maximum atomic E-state index is 13.1. The smallest absolute Gasteiger partial charge is 0.416 e. The highest BCUT2D eigenvalue weighted by atomic mass is 35.5. The third kappa shape index (κ3) is 4.21. The molecular formula is C24H17ClF3NO6. The quantitative estimate of drug-likeness (QED) is 0.275. The van der Waals surface area contributed by atoms with Crippen molar-refractivity contribution in [1.29, 1.82) is 0 Å². The fourth-order valence-corrected chi connectivity index (χ4v) is 4.05. The normalized spacial score (nSPS) is 17.7. The third-order valence-corrected chi connectivity index (χ3v) is 5.75. The van der Waals surface area contributed by atoms with E-state index in [1.165, 1.54) is 44.7 Å². The standard InChI is InChI=1S/C24H17ClF3NO6/c1-33-17-11-15(25)18(34-2)10-14(17)21(30)19-20(16-4-3-9-35-16)29(23(32)22(19)31)13-7-5-12(6-8-13)24(26,27)28/h3-11,20,30H,1-2H3/b21-19+. The molecule has 0 saturated carbocycles. The first-order valence-corrected chi connectivity index (χ1v) is 10.4. The van der Waals surface area contributed by atoms with Crippen LogP contribution in [0.15, 0.2) is 64.8 Å². The number of halogens is 4. The average molecular weight is 508 g/mol. The molecule has 0 spiro atoms. The predicted molar refractivity (Wildman–Crippen MR) is 119 cm³/mol. The van der Waals surface area contributed by atoms with Crippen molar-refractivity contribution in [2.24, 2.45) is 0 Å². The van der Waals surface area contributed by atoms with Crippen LogP contribution in [0.5, 0.6) is 11.5 Å². The van der Waals surface area contributed by atoms with Crippen molar-refractivity contribution >= 4 is 34.7 Å². The maximum Gasteiger partial charge on any atom is 0.416 e. The van der Waals surface area contributed by atoms with E-state index >= 15 is 0 Å². The van der Waals surface area contributed by atoms with E-state index in [9.17, 15) is 27.9 Å². The number of benzene rings is 2. The SMILES string of the molecule is COc1cc(/C(O)=C2\C(=O)C(=O)N(c3ccc(C(F)(F)F)cc3)C2c2ccco2)c(OC)cc1Cl. The van der Waals surface area contributed by atoms with Crippen molar-refractivity contribution in [2.75, 3.05) is 19.1 Å². The first-order chi connectivity index (χ1) is 16.6. The molecule has 182 valence electrons. The maximum absolute atomic E-state index is 13.1. The molecule has 1 atom stereocenters. The van der Waals surface area contributed by atoms with E-state index in [1.807, 2.05) is 0 Å². The molecule has 35 heavy (non-hydrogen) atoms. The first-order valence-electron chi connectivity index (χ1n) is 10.0. The second-order valence-corrected chi connectivity index (χ2v) is 7.82. The fourth-order valence-electron chi connectivity index (χ4n) is 3.82. The lowest BCUT2D eigenvalue weighted by Gasteiger charge is -2.24. The molecule has 1 unspecified atom stereocenters. The van der Waals surface area contributed by atoms with E-state index in [0.717, 1.165) is 29.2 Å². The molecule has 2 aromatic carbocycles. The summed E-state index contributed by atoms with van der Waals surface area (Å²) < 4.78 is 55.0. The Kier molecular flexibility index (Phi) is 6.25. The van der Waals surface area contributed by atoms with Crippen LogP contribution in [0, 0.1) is 0 Å². The van der Waals surface area contributed by atoms with E-state index in [0.29, 0.717) is 0 Å². The number of furan rings is 1. The zero-order valence-corrected chi connectivity index (χ0v) is 19.0. The van der Waals surface area contributed by atoms with Crippen LogP contribution in [0.25, 0.3) is 5.76 Å². The van der Waals surface area contributed by atoms with Crippen LogP contribution in [0.2, 0.25) is 5.02 Å². The molecule has 1 amide bonds. The van der Waals surface area contributed by atoms with Crippen LogP contribution in [-0.4, -0.2) is 31.0 Å². The number of ether oxygens (including phenoxy) is 2. The van der Waals surface area contributed by atoms with Crippen LogP contribution in [-0.2, 0) is 15.8 Å². The van der Waals surface area contributed by atoms with Gasteiger partial charge < -0.3 is 19.0 Å². The Balaban J connectivity index is 1.92. The minimum Gasteiger partial charge on any atom is -0.507 e. The molecule has 1 aromatic heterocycles. The van der Waals surface area contributed by atoms with E-state index in [-0.39, 0.29) is 39.1 Å². The molecular weight excluding hydrogens is 491 g/mol. The van der Waals surface area contributed by atoms with Gasteiger partial charge in [0.25, 0.3) is 11.7 Å². The summed E-state index contributed by atoms with van der Waals surface area (Å²) in [7, 11) is 2.67. The summed E-state index contributed by atoms with van der Waals surface area (Å²) in [5, 5.41) is 11.4. The summed E-state index contributed by atoms with van der Waals surface area (Å²) in [6.07, 6.45) is -3.29. The Hall–Kier alpha value is -3.92. The molecule has 1 fully saturated rings. The Bertz CT molecular complexity index is 1320. The van der Waals surface area contributed by atoms with Gasteiger partial charge in [0.1, 0.15) is 29.1 Å². The summed E-state index contributed by atoms with van der Waals surface area (Å²) >= 11 is 6.13. The molecule has 1 saturated heterocycles. The summed E-state index contributed by atoms with van der Waals surface area (Å²) in [5.41, 5.74) is -1.27. The van der Waals surface area contributed by atoms with Gasteiger partial charge in [0.2, 0.25) is 0 Å². The van der Waals surface area contributed by atoms with Crippen LogP contribution < -0.4 is 14.4 Å². The zero-order chi connectivity index (χ0) is 25.5. The highest BCUT2D eigenvalue weighted by molar-refractivity contribution is 6.51. The van der Waals surface area contributed by atoms with Crippen LogP contribution >= 0.6 is 11.6 Å². The minimum absolute atomic E-state index is 0.00111. The number of Topliss-reactive ketones (excluding diaryl/α,β-unsaturated/α-hetero) is 1. The van der Waals surface area contributed by atoms with Crippen molar-refractivity contribution in [3.63, 3.8) is 0 Å². The lowest BCUT2D eigenvalue weighted by atomic mass is 9.98. The molecule has 0 radical (unpaired) electrons.